The predicted octanol–water partition coefficient (Wildman–Crippen LogP) is 10.7. The summed E-state index contributed by atoms with van der Waals surface area (Å²) >= 11 is 0. The van der Waals surface area contributed by atoms with Crippen LogP contribution in [0.25, 0.3) is 33.4 Å². The van der Waals surface area contributed by atoms with Crippen LogP contribution in [0.15, 0.2) is 164 Å². The van der Waals surface area contributed by atoms with Crippen LogP contribution in [0.4, 0.5) is 0 Å². The van der Waals surface area contributed by atoms with E-state index in [-0.39, 0.29) is 20.1 Å². The third kappa shape index (κ3) is 6.06. The summed E-state index contributed by atoms with van der Waals surface area (Å²) in [7, 11) is 0. The molecule has 0 radical (unpaired) electrons. The highest BCUT2D eigenvalue weighted by molar-refractivity contribution is 7.02. The van der Waals surface area contributed by atoms with Crippen LogP contribution in [0.1, 0.15) is 33.4 Å². The van der Waals surface area contributed by atoms with Crippen molar-refractivity contribution in [2.24, 2.45) is 0 Å². The molecule has 16 rings (SSSR count). The van der Waals surface area contributed by atoms with E-state index in [9.17, 15) is 0 Å². The summed E-state index contributed by atoms with van der Waals surface area (Å²) in [5.41, 5.74) is 23.3. The van der Waals surface area contributed by atoms with Gasteiger partial charge < -0.3 is 28.4 Å². The topological polar surface area (TPSA) is 55.4 Å². The predicted molar refractivity (Wildman–Crippen MR) is 304 cm³/mol. The minimum atomic E-state index is -0.269. The smallest absolute Gasteiger partial charge is 0.260 e. The highest BCUT2D eigenvalue weighted by Crippen LogP contribution is 2.46. The number of para-hydroxylation sites is 2. The molecule has 6 aliphatic rings. The molecule has 0 bridgehead atoms. The summed E-state index contributed by atoms with van der Waals surface area (Å²) in [6.45, 7) is 12.4. The molecule has 0 saturated heterocycles. The molecule has 10 aromatic rings. The fraction of sp³-hybridized carbons (Fsp3) is 0.0909. The normalized spacial score (nSPS) is 13.8. The van der Waals surface area contributed by atoms with Gasteiger partial charge in [-0.05, 0) is 190 Å². The van der Waals surface area contributed by atoms with Gasteiger partial charge in [-0.1, -0.05) is 103 Å². The highest BCUT2D eigenvalue weighted by Gasteiger charge is 2.48. The second-order valence-electron chi connectivity index (χ2n) is 21.3. The summed E-state index contributed by atoms with van der Waals surface area (Å²) in [6, 6.07) is 58.4. The van der Waals surface area contributed by atoms with Gasteiger partial charge in [-0.15, -0.1) is 0 Å². The number of ether oxygens (including phenoxy) is 6. The fourth-order valence-electron chi connectivity index (χ4n) is 13.6. The van der Waals surface area contributed by atoms with Crippen LogP contribution in [-0.2, 0) is 0 Å². The third-order valence-electron chi connectivity index (χ3n) is 16.8. The lowest BCUT2D eigenvalue weighted by molar-refractivity contribution is 0.448. The Hall–Kier alpha value is -8.81. The quantitative estimate of drug-likeness (QED) is 0.165. The van der Waals surface area contributed by atoms with Crippen LogP contribution in [0.3, 0.4) is 0 Å². The monoisotopic (exact) mass is 966 g/mol. The largest absolute Gasteiger partial charge is 0.458 e. The van der Waals surface area contributed by atoms with Crippen molar-refractivity contribution in [2.75, 3.05) is 0 Å². The second kappa shape index (κ2) is 15.4. The van der Waals surface area contributed by atoms with Crippen LogP contribution in [0.5, 0.6) is 69.0 Å². The van der Waals surface area contributed by atoms with E-state index in [2.05, 4.69) is 205 Å². The van der Waals surface area contributed by atoms with Crippen molar-refractivity contribution in [1.29, 1.82) is 0 Å². The van der Waals surface area contributed by atoms with Crippen LogP contribution in [0, 0.1) is 41.5 Å². The van der Waals surface area contributed by atoms with Crippen LogP contribution < -0.4 is 77.6 Å². The van der Waals surface area contributed by atoms with Gasteiger partial charge in [-0.25, -0.2) is 0 Å². The molecule has 6 nitrogen and oxygen atoms in total. The number of aryl methyl sites for hydroxylation is 6. The molecule has 10 aromatic carbocycles. The van der Waals surface area contributed by atoms with Gasteiger partial charge in [0.25, 0.3) is 20.1 Å². The molecular formula is C66H45B3O6. The number of hydrogen-bond acceptors (Lipinski definition) is 6. The maximum atomic E-state index is 7.25. The van der Waals surface area contributed by atoms with Gasteiger partial charge in [0.15, 0.2) is 0 Å². The molecule has 75 heavy (non-hydrogen) atoms. The van der Waals surface area contributed by atoms with E-state index in [1.807, 2.05) is 0 Å². The second-order valence-corrected chi connectivity index (χ2v) is 21.3. The van der Waals surface area contributed by atoms with E-state index in [0.29, 0.717) is 0 Å². The van der Waals surface area contributed by atoms with Gasteiger partial charge in [-0.2, -0.15) is 0 Å². The average Bonchev–Trinajstić information content (AvgIpc) is 3.39. The number of hydrogen-bond donors (Lipinski definition) is 0. The maximum absolute atomic E-state index is 7.25. The molecule has 0 N–H and O–H groups in total. The van der Waals surface area contributed by atoms with Gasteiger partial charge >= 0.3 is 0 Å². The third-order valence-corrected chi connectivity index (χ3v) is 16.8. The van der Waals surface area contributed by atoms with E-state index >= 15 is 0 Å². The fourth-order valence-corrected chi connectivity index (χ4v) is 13.6. The van der Waals surface area contributed by atoms with Gasteiger partial charge in [0.1, 0.15) is 69.0 Å². The Balaban J connectivity index is 0.918. The van der Waals surface area contributed by atoms with Gasteiger partial charge in [0.05, 0.1) is 0 Å². The van der Waals surface area contributed by atoms with Crippen molar-refractivity contribution < 1.29 is 28.4 Å². The molecular weight excluding hydrogens is 921 g/mol. The molecule has 0 spiro atoms. The van der Waals surface area contributed by atoms with Crippen molar-refractivity contribution in [3.63, 3.8) is 0 Å². The lowest BCUT2D eigenvalue weighted by atomic mass is 9.30. The summed E-state index contributed by atoms with van der Waals surface area (Å²) in [5, 5.41) is 0. The first kappa shape index (κ1) is 42.7. The van der Waals surface area contributed by atoms with Crippen molar-refractivity contribution >= 4 is 69.3 Å². The zero-order valence-corrected chi connectivity index (χ0v) is 42.3. The minimum Gasteiger partial charge on any atom is -0.458 e. The number of benzene rings is 10. The molecule has 0 fully saturated rings. The van der Waals surface area contributed by atoms with Crippen LogP contribution in [0.2, 0.25) is 0 Å². The van der Waals surface area contributed by atoms with E-state index in [4.69, 9.17) is 28.4 Å². The highest BCUT2D eigenvalue weighted by atomic mass is 16.5. The summed E-state index contributed by atoms with van der Waals surface area (Å²) < 4.78 is 42.5. The zero-order chi connectivity index (χ0) is 50.1. The Bertz CT molecular complexity index is 3950. The summed E-state index contributed by atoms with van der Waals surface area (Å²) in [5.74, 6) is 9.40. The Morgan fingerprint density at radius 3 is 0.773 bits per heavy atom. The van der Waals surface area contributed by atoms with Crippen molar-refractivity contribution in [1.82, 2.24) is 0 Å². The SMILES string of the molecule is Cc1cccc(C)c1-c1cc2c3c(c1)Oc1cc4c(cc1B3c1ccccc1O2)B1c2cc3c(cc2Oc2cc(-c5c(C)cccc5C)cc(c21)O4)Oc1cc(-c2c(C)cccc2C)cc2c1B3c1ccccc1O2. The van der Waals surface area contributed by atoms with E-state index in [0.717, 1.165) is 140 Å². The lowest BCUT2D eigenvalue weighted by Crippen LogP contribution is -2.63. The average molecular weight is 967 g/mol. The first-order valence-electron chi connectivity index (χ1n) is 26.0. The molecule has 0 atom stereocenters. The van der Waals surface area contributed by atoms with Gasteiger partial charge in [0.2, 0.25) is 0 Å². The molecule has 6 heterocycles. The minimum absolute atomic E-state index is 0.161. The van der Waals surface area contributed by atoms with Crippen LogP contribution in [-0.4, -0.2) is 20.1 Å². The van der Waals surface area contributed by atoms with E-state index in [1.54, 1.807) is 0 Å². The molecule has 9 heteroatoms. The Morgan fingerprint density at radius 2 is 0.480 bits per heavy atom. The molecule has 0 aliphatic carbocycles. The van der Waals surface area contributed by atoms with Gasteiger partial charge in [0, 0.05) is 28.5 Å². The van der Waals surface area contributed by atoms with Crippen molar-refractivity contribution in [3.05, 3.63) is 197 Å². The van der Waals surface area contributed by atoms with E-state index < -0.39 is 0 Å². The Kier molecular flexibility index (Phi) is 8.75. The molecule has 0 saturated carbocycles. The Morgan fingerprint density at radius 1 is 0.227 bits per heavy atom. The molecule has 6 aliphatic heterocycles. The van der Waals surface area contributed by atoms with Crippen molar-refractivity contribution in [3.8, 4) is 102 Å². The van der Waals surface area contributed by atoms with Crippen LogP contribution >= 0.6 is 0 Å². The summed E-state index contributed by atoms with van der Waals surface area (Å²) in [6.07, 6.45) is 0. The Labute approximate surface area is 436 Å². The lowest BCUT2D eigenvalue weighted by Gasteiger charge is -2.38. The first-order valence-corrected chi connectivity index (χ1v) is 26.0. The molecule has 0 amide bonds. The zero-order valence-electron chi connectivity index (χ0n) is 42.3. The number of rotatable bonds is 3. The van der Waals surface area contributed by atoms with Crippen molar-refractivity contribution in [2.45, 2.75) is 41.5 Å². The van der Waals surface area contributed by atoms with Gasteiger partial charge in [-0.3, -0.25) is 0 Å². The first-order chi connectivity index (χ1) is 36.6. The standard InChI is InChI=1S/C66H45B3O6/c1-34-14-11-15-35(2)61(34)40-24-55-64-57(26-40)72-51-32-53-47(30-45(51)67(64)43-20-7-9-22-49(43)70-55)69-48-31-46-52(33-54(48)75-60-29-42(28-59(74-53)66(60)69)63-38(5)18-13-19-39(63)6)73-58-27-41(62-36(3)16-12-17-37(62)4)25-56-65(58)68(46)44-21-8-10-23-50(44)71-56/h7-33H,1-6H3. The molecule has 354 valence electrons. The molecule has 0 aromatic heterocycles. The number of fused-ring (bicyclic) bond motifs is 12. The summed E-state index contributed by atoms with van der Waals surface area (Å²) in [4.78, 5) is 0. The van der Waals surface area contributed by atoms with E-state index in [1.165, 1.54) is 44.5 Å². The molecule has 0 unspecified atom stereocenters. The maximum Gasteiger partial charge on any atom is 0.260 e.